The van der Waals surface area contributed by atoms with Gasteiger partial charge in [0.1, 0.15) is 0 Å². The van der Waals surface area contributed by atoms with Crippen molar-refractivity contribution in [2.24, 2.45) is 0 Å². The number of benzene rings is 1. The molecule has 1 aromatic rings. The van der Waals surface area contributed by atoms with Crippen molar-refractivity contribution in [3.05, 3.63) is 46.0 Å². The minimum absolute atomic E-state index is 0.0371. The molecule has 0 aliphatic carbocycles. The summed E-state index contributed by atoms with van der Waals surface area (Å²) in [5, 5.41) is 16.4. The summed E-state index contributed by atoms with van der Waals surface area (Å²) in [6.45, 7) is 4.46. The van der Waals surface area contributed by atoms with Crippen LogP contribution in [0.25, 0.3) is 6.08 Å². The molecule has 1 aromatic carbocycles. The van der Waals surface area contributed by atoms with Gasteiger partial charge in [0.2, 0.25) is 5.91 Å². The number of nitro benzene ring substituents is 1. The average Bonchev–Trinajstić information content (AvgIpc) is 2.45. The van der Waals surface area contributed by atoms with E-state index in [0.29, 0.717) is 6.54 Å². The molecule has 0 fully saturated rings. The van der Waals surface area contributed by atoms with Crippen LogP contribution in [0.3, 0.4) is 0 Å². The van der Waals surface area contributed by atoms with E-state index in [1.807, 2.05) is 6.92 Å². The molecule has 0 atom stereocenters. The molecule has 0 aromatic heterocycles. The summed E-state index contributed by atoms with van der Waals surface area (Å²) >= 11 is 0. The molecule has 6 nitrogen and oxygen atoms in total. The molecular formula is C14H19N3O3. The van der Waals surface area contributed by atoms with Crippen LogP contribution < -0.4 is 10.6 Å². The lowest BCUT2D eigenvalue weighted by Gasteiger charge is -2.02. The van der Waals surface area contributed by atoms with Crippen LogP contribution in [0.5, 0.6) is 0 Å². The number of carbonyl (C=O) groups is 1. The van der Waals surface area contributed by atoms with E-state index < -0.39 is 4.92 Å². The lowest BCUT2D eigenvalue weighted by molar-refractivity contribution is -0.384. The summed E-state index contributed by atoms with van der Waals surface area (Å²) in [5.41, 5.74) is 0.786. The predicted octanol–water partition coefficient (Wildman–Crippen LogP) is 1.72. The quantitative estimate of drug-likeness (QED) is 0.328. The van der Waals surface area contributed by atoms with Gasteiger partial charge in [-0.25, -0.2) is 0 Å². The van der Waals surface area contributed by atoms with E-state index >= 15 is 0 Å². The van der Waals surface area contributed by atoms with Crippen molar-refractivity contribution in [2.45, 2.75) is 13.3 Å². The standard InChI is InChI=1S/C14H19N3O3/c1-2-15-10-3-11-16-14(18)9-6-12-4-7-13(8-5-12)17(19)20/h4-9,15H,2-3,10-11H2,1H3,(H,16,18)/b9-6+. The van der Waals surface area contributed by atoms with Gasteiger partial charge in [0.15, 0.2) is 0 Å². The van der Waals surface area contributed by atoms with Gasteiger partial charge in [-0.3, -0.25) is 14.9 Å². The lowest BCUT2D eigenvalue weighted by Crippen LogP contribution is -2.25. The van der Waals surface area contributed by atoms with Gasteiger partial charge in [-0.2, -0.15) is 0 Å². The smallest absolute Gasteiger partial charge is 0.269 e. The fraction of sp³-hybridized carbons (Fsp3) is 0.357. The molecular weight excluding hydrogens is 258 g/mol. The maximum atomic E-state index is 11.5. The van der Waals surface area contributed by atoms with E-state index in [1.54, 1.807) is 18.2 Å². The SMILES string of the molecule is CCNCCCNC(=O)/C=C/c1ccc([N+](=O)[O-])cc1. The summed E-state index contributed by atoms with van der Waals surface area (Å²) in [4.78, 5) is 21.5. The number of non-ortho nitro benzene ring substituents is 1. The molecule has 0 saturated carbocycles. The molecule has 0 heterocycles. The Labute approximate surface area is 118 Å². The molecule has 20 heavy (non-hydrogen) atoms. The highest BCUT2D eigenvalue weighted by Gasteiger charge is 2.02. The van der Waals surface area contributed by atoms with Crippen molar-refractivity contribution in [3.63, 3.8) is 0 Å². The zero-order valence-electron chi connectivity index (χ0n) is 11.5. The second-order valence-corrected chi connectivity index (χ2v) is 4.18. The molecule has 108 valence electrons. The van der Waals surface area contributed by atoms with Gasteiger partial charge in [-0.05, 0) is 43.3 Å². The van der Waals surface area contributed by atoms with Crippen molar-refractivity contribution in [1.29, 1.82) is 0 Å². The van der Waals surface area contributed by atoms with Gasteiger partial charge in [-0.1, -0.05) is 6.92 Å². The maximum Gasteiger partial charge on any atom is 0.269 e. The normalized spacial score (nSPS) is 10.7. The van der Waals surface area contributed by atoms with Gasteiger partial charge < -0.3 is 10.6 Å². The first-order valence-corrected chi connectivity index (χ1v) is 6.54. The van der Waals surface area contributed by atoms with E-state index in [4.69, 9.17) is 0 Å². The van der Waals surface area contributed by atoms with Crippen molar-refractivity contribution >= 4 is 17.7 Å². The van der Waals surface area contributed by atoms with E-state index in [2.05, 4.69) is 10.6 Å². The predicted molar refractivity (Wildman–Crippen MR) is 78.3 cm³/mol. The number of amides is 1. The van der Waals surface area contributed by atoms with Gasteiger partial charge >= 0.3 is 0 Å². The molecule has 6 heteroatoms. The summed E-state index contributed by atoms with van der Waals surface area (Å²) in [5.74, 6) is -0.167. The highest BCUT2D eigenvalue weighted by molar-refractivity contribution is 5.91. The first-order valence-electron chi connectivity index (χ1n) is 6.54. The Kier molecular flexibility index (Phi) is 6.99. The van der Waals surface area contributed by atoms with Crippen LogP contribution in [0.15, 0.2) is 30.3 Å². The van der Waals surface area contributed by atoms with Gasteiger partial charge in [0.25, 0.3) is 5.69 Å². The number of nitrogens with one attached hydrogen (secondary N) is 2. The zero-order chi connectivity index (χ0) is 14.8. The van der Waals surface area contributed by atoms with Crippen LogP contribution in [-0.4, -0.2) is 30.5 Å². The van der Waals surface area contributed by atoms with Crippen LogP contribution in [0, 0.1) is 10.1 Å². The third-order valence-electron chi connectivity index (χ3n) is 2.61. The van der Waals surface area contributed by atoms with Crippen molar-refractivity contribution in [2.75, 3.05) is 19.6 Å². The number of hydrogen-bond acceptors (Lipinski definition) is 4. The van der Waals surface area contributed by atoms with Crippen LogP contribution >= 0.6 is 0 Å². The Morgan fingerprint density at radius 1 is 1.30 bits per heavy atom. The monoisotopic (exact) mass is 277 g/mol. The average molecular weight is 277 g/mol. The van der Waals surface area contributed by atoms with Gasteiger partial charge in [0, 0.05) is 24.8 Å². The van der Waals surface area contributed by atoms with Crippen molar-refractivity contribution in [1.82, 2.24) is 10.6 Å². The Morgan fingerprint density at radius 3 is 2.60 bits per heavy atom. The molecule has 0 aliphatic heterocycles. The number of nitro groups is 1. The van der Waals surface area contributed by atoms with E-state index in [1.165, 1.54) is 18.2 Å². The summed E-state index contributed by atoms with van der Waals surface area (Å²) in [6.07, 6.45) is 3.93. The first-order chi connectivity index (χ1) is 9.63. The second-order valence-electron chi connectivity index (χ2n) is 4.18. The van der Waals surface area contributed by atoms with Gasteiger partial charge in [0.05, 0.1) is 4.92 Å². The highest BCUT2D eigenvalue weighted by atomic mass is 16.6. The summed E-state index contributed by atoms with van der Waals surface area (Å²) < 4.78 is 0. The molecule has 0 saturated heterocycles. The lowest BCUT2D eigenvalue weighted by atomic mass is 10.2. The minimum Gasteiger partial charge on any atom is -0.353 e. The Bertz CT molecular complexity index is 469. The third kappa shape index (κ3) is 6.10. The Balaban J connectivity index is 2.35. The largest absolute Gasteiger partial charge is 0.353 e. The van der Waals surface area contributed by atoms with Crippen LogP contribution in [-0.2, 0) is 4.79 Å². The molecule has 0 unspecified atom stereocenters. The third-order valence-corrected chi connectivity index (χ3v) is 2.61. The molecule has 0 spiro atoms. The maximum absolute atomic E-state index is 11.5. The van der Waals surface area contributed by atoms with Crippen LogP contribution in [0.2, 0.25) is 0 Å². The fourth-order valence-corrected chi connectivity index (χ4v) is 1.54. The van der Waals surface area contributed by atoms with Crippen molar-refractivity contribution in [3.8, 4) is 0 Å². The Hall–Kier alpha value is -2.21. The number of carbonyl (C=O) groups excluding carboxylic acids is 1. The Morgan fingerprint density at radius 2 is 2.00 bits per heavy atom. The van der Waals surface area contributed by atoms with Crippen LogP contribution in [0.1, 0.15) is 18.9 Å². The van der Waals surface area contributed by atoms with Crippen LogP contribution in [0.4, 0.5) is 5.69 Å². The second kappa shape index (κ2) is 8.82. The van der Waals surface area contributed by atoms with Crippen molar-refractivity contribution < 1.29 is 9.72 Å². The highest BCUT2D eigenvalue weighted by Crippen LogP contribution is 2.12. The molecule has 1 rings (SSSR count). The topological polar surface area (TPSA) is 84.3 Å². The molecule has 0 radical (unpaired) electrons. The fourth-order valence-electron chi connectivity index (χ4n) is 1.54. The van der Waals surface area contributed by atoms with Gasteiger partial charge in [-0.15, -0.1) is 0 Å². The molecule has 2 N–H and O–H groups in total. The molecule has 1 amide bonds. The molecule has 0 bridgehead atoms. The first kappa shape index (κ1) is 15.8. The number of nitrogens with zero attached hydrogens (tertiary/aromatic N) is 1. The summed E-state index contributed by atoms with van der Waals surface area (Å²) in [6, 6.07) is 6.03. The number of rotatable bonds is 8. The zero-order valence-corrected chi connectivity index (χ0v) is 11.5. The number of hydrogen-bond donors (Lipinski definition) is 2. The summed E-state index contributed by atoms with van der Waals surface area (Å²) in [7, 11) is 0. The molecule has 0 aliphatic rings. The van der Waals surface area contributed by atoms with E-state index in [-0.39, 0.29) is 11.6 Å². The van der Waals surface area contributed by atoms with E-state index in [0.717, 1.165) is 25.1 Å². The van der Waals surface area contributed by atoms with E-state index in [9.17, 15) is 14.9 Å². The minimum atomic E-state index is -0.454.